The van der Waals surface area contributed by atoms with Crippen molar-refractivity contribution < 1.29 is 68.1 Å². The molecule has 0 saturated heterocycles. The molecule has 0 bridgehead atoms. The molecule has 3 amide bonds. The highest BCUT2D eigenvalue weighted by atomic mass is 35.5. The van der Waals surface area contributed by atoms with E-state index in [1.165, 1.54) is 59.9 Å². The van der Waals surface area contributed by atoms with Crippen molar-refractivity contribution in [1.29, 1.82) is 5.26 Å². The van der Waals surface area contributed by atoms with Gasteiger partial charge >= 0.3 is 19.1 Å². The average molecular weight is 1840 g/mol. The lowest BCUT2D eigenvalue weighted by Gasteiger charge is -2.26. The molecule has 6 aromatic carbocycles. The van der Waals surface area contributed by atoms with E-state index in [1.807, 2.05) is 119 Å². The van der Waals surface area contributed by atoms with Gasteiger partial charge in [-0.2, -0.15) is 5.26 Å². The Bertz CT molecular complexity index is 6510. The third-order valence-corrected chi connectivity index (χ3v) is 22.3. The van der Waals surface area contributed by atoms with E-state index in [-0.39, 0.29) is 62.7 Å². The number of rotatable bonds is 30. The Morgan fingerprint density at radius 2 is 0.856 bits per heavy atom. The van der Waals surface area contributed by atoms with Gasteiger partial charge in [-0.25, -0.2) is 34.7 Å². The molecule has 688 valence electrons. The van der Waals surface area contributed by atoms with Gasteiger partial charge in [0.25, 0.3) is 0 Å². The van der Waals surface area contributed by atoms with E-state index in [0.29, 0.717) is 79.0 Å². The standard InChI is InChI=1S/C32H33F3N8O2.C31H31F3N8O2.C30H31ClF3N7O2/c1-6-28(44)38-24-14-25(27(45-32(33,34)35)15-26(24)42(5)13-12-41(3)4)39-31-37-17-19(2)29(40-31)23-18-43-11-7-8-21-20(16-36)9-10-22(23)30(21)43;1-6-27(43)37-22-15-23(26(44-31(32,33)34)16-25(22)41(5)14-13-40(3)4)38-30-36-17-24(35-2)28(39-30)21-18-42-12-8-10-19-9-7-11-20(21)29(19)42;1-5-26(42)36-22-14-23(25(43-30(32,33)34)15-24(22)40(4)13-12-39(2)3)37-29-35-16-21(31)27(38-29)20-17-41-11-7-9-18-8-6-10-19(20)28(18)41/h6,9-10,14-15,17-18H,1,7-8,11-13H2,2-5H3,(H,38,44)(H,37,39,40);6-7,9,11,15-18H,1,8,10,12-14H2,3-5H3,(H,37,43)(H,36,38,39);5-6,8,10,14-17H,1,7,9,11-13H2,2-4H3,(H,36,42)(H,35,37,38). The third-order valence-electron chi connectivity index (χ3n) is 22.0. The molecule has 29 nitrogen and oxygen atoms in total. The number of aryl methyl sites for hydroxylation is 7. The molecular weight excluding hydrogens is 1740 g/mol. The van der Waals surface area contributed by atoms with Gasteiger partial charge < -0.3 is 89.2 Å². The first kappa shape index (κ1) is 95.1. The Labute approximate surface area is 759 Å². The van der Waals surface area contributed by atoms with Crippen molar-refractivity contribution in [3.05, 3.63) is 204 Å². The summed E-state index contributed by atoms with van der Waals surface area (Å²) in [5.41, 5.74) is 13.2. The number of amides is 3. The Morgan fingerprint density at radius 3 is 1.25 bits per heavy atom. The second kappa shape index (κ2) is 40.3. The molecular formula is C93H95ClF9N23O6. The van der Waals surface area contributed by atoms with Crippen LogP contribution in [0.5, 0.6) is 17.2 Å². The van der Waals surface area contributed by atoms with Crippen LogP contribution in [-0.4, -0.2) is 198 Å². The number of benzene rings is 6. The fourth-order valence-electron chi connectivity index (χ4n) is 15.8. The molecule has 12 aromatic rings. The zero-order valence-electron chi connectivity index (χ0n) is 73.8. The molecule has 6 N–H and O–H groups in total. The average Bonchev–Trinajstić information content (AvgIpc) is 1.60. The Balaban J connectivity index is 0.000000168. The van der Waals surface area contributed by atoms with Gasteiger partial charge in [-0.05, 0) is 152 Å². The summed E-state index contributed by atoms with van der Waals surface area (Å²) in [7, 11) is 16.4. The van der Waals surface area contributed by atoms with Gasteiger partial charge in [0.2, 0.25) is 41.3 Å². The van der Waals surface area contributed by atoms with Crippen LogP contribution < -0.4 is 60.8 Å². The highest BCUT2D eigenvalue weighted by Crippen LogP contribution is 2.48. The van der Waals surface area contributed by atoms with Gasteiger partial charge in [0.05, 0.1) is 114 Å². The molecule has 9 heterocycles. The predicted molar refractivity (Wildman–Crippen MR) is 496 cm³/mol. The predicted octanol–water partition coefficient (Wildman–Crippen LogP) is 18.8. The molecule has 39 heteroatoms. The lowest BCUT2D eigenvalue weighted by atomic mass is 9.96. The molecule has 0 spiro atoms. The maximum atomic E-state index is 13.6. The fraction of sp³-hybridized carbons (Fsp3) is 0.301. The topological polar surface area (TPSA) is 291 Å². The lowest BCUT2D eigenvalue weighted by Crippen LogP contribution is -2.29. The SMILES string of the molecule is C=CC(=O)Nc1cc(Nc2ncc(C)c(-c3cn4c5c(c(C#N)ccc35)CCC4)n2)c(OC(F)(F)F)cc1N(C)CCN(C)C.C=CC(=O)Nc1cc(Nc2ncc(Cl)c(-c3cn4c5c(cccc35)CCC4)n2)c(OC(F)(F)F)cc1N(C)CCN(C)C.[C-]#[N+]c1cnc(Nc2cc(NC(=O)C=C)c(N(C)CCN(C)C)cc2OC(F)(F)F)nc1-c1cn2c3c(cccc13)CCC2. The Morgan fingerprint density at radius 1 is 0.492 bits per heavy atom. The summed E-state index contributed by atoms with van der Waals surface area (Å²) >= 11 is 6.57. The number of nitrogens with zero attached hydrogens (tertiary/aromatic N) is 17. The van der Waals surface area contributed by atoms with Gasteiger partial charge in [-0.1, -0.05) is 73.8 Å². The van der Waals surface area contributed by atoms with E-state index in [9.17, 15) is 59.2 Å². The number of anilines is 12. The molecule has 0 fully saturated rings. The van der Waals surface area contributed by atoms with Crippen molar-refractivity contribution in [2.24, 2.45) is 0 Å². The summed E-state index contributed by atoms with van der Waals surface area (Å²) in [5.74, 6) is -3.24. The first-order valence-electron chi connectivity index (χ1n) is 41.7. The number of para-hydroxylation sites is 2. The molecule has 3 aliphatic rings. The van der Waals surface area contributed by atoms with Crippen LogP contribution >= 0.6 is 11.6 Å². The van der Waals surface area contributed by atoms with Crippen LogP contribution in [0.25, 0.3) is 71.3 Å². The number of halogens is 10. The smallest absolute Gasteiger partial charge is 0.403 e. The molecule has 0 saturated carbocycles. The van der Waals surface area contributed by atoms with Gasteiger partial charge in [0.1, 0.15) is 0 Å². The van der Waals surface area contributed by atoms with Crippen molar-refractivity contribution in [2.45, 2.75) is 84.2 Å². The molecule has 3 aliphatic heterocycles. The number of hydrogen-bond donors (Lipinski definition) is 6. The van der Waals surface area contributed by atoms with E-state index in [4.69, 9.17) is 23.2 Å². The summed E-state index contributed by atoms with van der Waals surface area (Å²) in [6.07, 6.45) is 4.09. The van der Waals surface area contributed by atoms with Crippen LogP contribution in [0.15, 0.2) is 160 Å². The zero-order valence-corrected chi connectivity index (χ0v) is 74.6. The Kier molecular flexibility index (Phi) is 29.0. The van der Waals surface area contributed by atoms with Crippen molar-refractivity contribution >= 4 is 137 Å². The minimum absolute atomic E-state index is 0.00643. The van der Waals surface area contributed by atoms with Gasteiger partial charge in [-0.3, -0.25) is 14.4 Å². The van der Waals surface area contributed by atoms with E-state index < -0.39 is 54.1 Å². The van der Waals surface area contributed by atoms with Crippen LogP contribution in [0, 0.1) is 24.8 Å². The maximum Gasteiger partial charge on any atom is 0.573 e. The molecule has 132 heavy (non-hydrogen) atoms. The second-order valence-corrected chi connectivity index (χ2v) is 32.7. The van der Waals surface area contributed by atoms with Crippen LogP contribution in [0.1, 0.15) is 47.1 Å². The largest absolute Gasteiger partial charge is 0.573 e. The summed E-state index contributed by atoms with van der Waals surface area (Å²) < 4.78 is 142. The number of carbonyl (C=O) groups excluding carboxylic acids is 3. The second-order valence-electron chi connectivity index (χ2n) is 32.3. The van der Waals surface area contributed by atoms with Gasteiger partial charge in [0, 0.05) is 162 Å². The lowest BCUT2D eigenvalue weighted by molar-refractivity contribution is -0.275. The van der Waals surface area contributed by atoms with E-state index >= 15 is 0 Å². The third kappa shape index (κ3) is 22.5. The number of nitrogens with one attached hydrogen (secondary N) is 6. The fourth-order valence-corrected chi connectivity index (χ4v) is 16.0. The van der Waals surface area contributed by atoms with Gasteiger partial charge in [0.15, 0.2) is 17.2 Å². The number of aromatic nitrogens is 9. The molecule has 0 atom stereocenters. The minimum atomic E-state index is -5.01. The first-order chi connectivity index (χ1) is 62.8. The number of alkyl halides is 9. The highest BCUT2D eigenvalue weighted by Gasteiger charge is 2.37. The van der Waals surface area contributed by atoms with Crippen molar-refractivity contribution in [3.63, 3.8) is 0 Å². The number of likely N-dealkylation sites (N-methyl/N-ethyl adjacent to an activating group) is 6. The van der Waals surface area contributed by atoms with Crippen LogP contribution in [-0.2, 0) is 53.3 Å². The van der Waals surface area contributed by atoms with Crippen molar-refractivity contribution in [2.75, 3.05) is 149 Å². The summed E-state index contributed by atoms with van der Waals surface area (Å²) in [5, 5.41) is 29.4. The summed E-state index contributed by atoms with van der Waals surface area (Å²) in [4.78, 5) is 78.2. The molecule has 0 unspecified atom stereocenters. The number of hydrogen-bond acceptors (Lipinski definition) is 22. The number of ether oxygens (including phenoxy) is 3. The molecule has 0 radical (unpaired) electrons. The molecule has 15 rings (SSSR count). The van der Waals surface area contributed by atoms with Crippen LogP contribution in [0.2, 0.25) is 5.02 Å². The number of nitriles is 1. The number of carbonyl (C=O) groups is 3. The Hall–Kier alpha value is -14.5. The zero-order chi connectivity index (χ0) is 94.9. The quantitative estimate of drug-likeness (QED) is 0.0138. The van der Waals surface area contributed by atoms with Gasteiger partial charge in [-0.15, -0.1) is 39.5 Å². The molecule has 6 aromatic heterocycles. The summed E-state index contributed by atoms with van der Waals surface area (Å²) in [6, 6.07) is 25.8. The normalized spacial score (nSPS) is 12.7. The van der Waals surface area contributed by atoms with E-state index in [0.717, 1.165) is 137 Å². The monoisotopic (exact) mass is 1840 g/mol. The van der Waals surface area contributed by atoms with Crippen molar-refractivity contribution in [3.8, 4) is 57.1 Å². The first-order valence-corrected chi connectivity index (χ1v) is 42.0. The molecule has 0 aliphatic carbocycles. The van der Waals surface area contributed by atoms with Crippen LogP contribution in [0.3, 0.4) is 0 Å². The van der Waals surface area contributed by atoms with Crippen molar-refractivity contribution in [1.82, 2.24) is 58.3 Å². The summed E-state index contributed by atoms with van der Waals surface area (Å²) in [6.45, 7) is 25.7. The highest BCUT2D eigenvalue weighted by molar-refractivity contribution is 6.33. The maximum absolute atomic E-state index is 13.6. The van der Waals surface area contributed by atoms with E-state index in [1.54, 1.807) is 42.0 Å². The minimum Gasteiger partial charge on any atom is -0.403 e. The van der Waals surface area contributed by atoms with Crippen LogP contribution in [0.4, 0.5) is 114 Å². The van der Waals surface area contributed by atoms with E-state index in [2.05, 4.69) is 128 Å².